The molecule has 0 aliphatic carbocycles. The van der Waals surface area contributed by atoms with Crippen LogP contribution in [0.5, 0.6) is 0 Å². The fourth-order valence-corrected chi connectivity index (χ4v) is 3.57. The van der Waals surface area contributed by atoms with Gasteiger partial charge in [-0.15, -0.1) is 11.3 Å². The molecule has 1 aliphatic rings. The molecule has 0 atom stereocenters. The van der Waals surface area contributed by atoms with Crippen LogP contribution < -0.4 is 0 Å². The molecule has 22 heavy (non-hydrogen) atoms. The van der Waals surface area contributed by atoms with Crippen LogP contribution in [-0.4, -0.2) is 47.0 Å². The number of carbonyl (C=O) groups is 1. The number of hydrogen-bond donors (Lipinski definition) is 0. The minimum atomic E-state index is 0.167. The second kappa shape index (κ2) is 6.62. The second-order valence-electron chi connectivity index (χ2n) is 5.62. The number of aromatic nitrogens is 1. The van der Waals surface area contributed by atoms with Crippen LogP contribution >= 0.6 is 11.3 Å². The highest BCUT2D eigenvalue weighted by molar-refractivity contribution is 7.14. The summed E-state index contributed by atoms with van der Waals surface area (Å²) in [5.41, 5.74) is 0.910. The van der Waals surface area contributed by atoms with Crippen LogP contribution in [0.2, 0.25) is 0 Å². The first-order chi connectivity index (χ1) is 10.7. The van der Waals surface area contributed by atoms with E-state index in [0.29, 0.717) is 0 Å². The van der Waals surface area contributed by atoms with Crippen molar-refractivity contribution in [2.75, 3.05) is 26.2 Å². The smallest absolute Gasteiger partial charge is 0.264 e. The molecule has 0 unspecified atom stereocenters. The molecule has 1 fully saturated rings. The summed E-state index contributed by atoms with van der Waals surface area (Å²) in [5.74, 6) is 1.06. The number of nitrogens with zero attached hydrogens (tertiary/aromatic N) is 3. The Hall–Kier alpha value is -1.66. The largest absolute Gasteiger partial charge is 0.360 e. The average molecular weight is 319 g/mol. The van der Waals surface area contributed by atoms with Gasteiger partial charge in [0.25, 0.3) is 5.91 Å². The van der Waals surface area contributed by atoms with Crippen molar-refractivity contribution in [3.63, 3.8) is 0 Å². The SMILES string of the molecule is CCc1ccc(C(=O)N2CCN(Cc3cc(C)no3)CC2)s1. The highest BCUT2D eigenvalue weighted by atomic mass is 32.1. The molecule has 3 heterocycles. The molecule has 6 heteroatoms. The van der Waals surface area contributed by atoms with Gasteiger partial charge in [0.15, 0.2) is 5.76 Å². The molecule has 2 aromatic heterocycles. The van der Waals surface area contributed by atoms with Gasteiger partial charge in [-0.1, -0.05) is 12.1 Å². The van der Waals surface area contributed by atoms with E-state index in [1.54, 1.807) is 11.3 Å². The van der Waals surface area contributed by atoms with E-state index in [-0.39, 0.29) is 5.91 Å². The third-order valence-corrected chi connectivity index (χ3v) is 5.15. The average Bonchev–Trinajstić information content (AvgIpc) is 3.16. The standard InChI is InChI=1S/C16H21N3O2S/c1-3-14-4-5-15(22-14)16(20)19-8-6-18(7-9-19)11-13-10-12(2)17-21-13/h4-5,10H,3,6-9,11H2,1-2H3. The van der Waals surface area contributed by atoms with E-state index in [2.05, 4.69) is 23.0 Å². The normalized spacial score (nSPS) is 16.2. The summed E-state index contributed by atoms with van der Waals surface area (Å²) in [6.45, 7) is 8.09. The van der Waals surface area contributed by atoms with Gasteiger partial charge in [0.2, 0.25) is 0 Å². The number of aryl methyl sites for hydroxylation is 2. The quantitative estimate of drug-likeness (QED) is 0.869. The third-order valence-electron chi connectivity index (χ3n) is 3.94. The fraction of sp³-hybridized carbons (Fsp3) is 0.500. The van der Waals surface area contributed by atoms with Crippen molar-refractivity contribution in [1.29, 1.82) is 0 Å². The molecule has 0 spiro atoms. The van der Waals surface area contributed by atoms with Crippen LogP contribution in [-0.2, 0) is 13.0 Å². The lowest BCUT2D eigenvalue weighted by atomic mass is 10.2. The second-order valence-corrected chi connectivity index (χ2v) is 6.79. The first kappa shape index (κ1) is 15.2. The molecular weight excluding hydrogens is 298 g/mol. The molecule has 1 amide bonds. The lowest BCUT2D eigenvalue weighted by molar-refractivity contribution is 0.0622. The predicted molar refractivity (Wildman–Crippen MR) is 86.1 cm³/mol. The highest BCUT2D eigenvalue weighted by Crippen LogP contribution is 2.20. The van der Waals surface area contributed by atoms with Gasteiger partial charge in [-0.2, -0.15) is 0 Å². The molecule has 0 aromatic carbocycles. The van der Waals surface area contributed by atoms with Crippen LogP contribution in [0.3, 0.4) is 0 Å². The summed E-state index contributed by atoms with van der Waals surface area (Å²) in [6, 6.07) is 5.98. The summed E-state index contributed by atoms with van der Waals surface area (Å²) in [7, 11) is 0. The van der Waals surface area contributed by atoms with Gasteiger partial charge in [-0.3, -0.25) is 9.69 Å². The molecule has 3 rings (SSSR count). The zero-order valence-electron chi connectivity index (χ0n) is 13.0. The number of rotatable bonds is 4. The molecule has 2 aromatic rings. The van der Waals surface area contributed by atoms with Gasteiger partial charge in [-0.25, -0.2) is 0 Å². The van der Waals surface area contributed by atoms with E-state index in [0.717, 1.165) is 55.5 Å². The lowest BCUT2D eigenvalue weighted by Gasteiger charge is -2.33. The topological polar surface area (TPSA) is 49.6 Å². The van der Waals surface area contributed by atoms with Gasteiger partial charge in [0, 0.05) is 37.1 Å². The molecular formula is C16H21N3O2S. The first-order valence-corrected chi connectivity index (χ1v) is 8.50. The number of amides is 1. The number of hydrogen-bond acceptors (Lipinski definition) is 5. The van der Waals surface area contributed by atoms with Crippen molar-refractivity contribution in [2.45, 2.75) is 26.8 Å². The molecule has 0 saturated carbocycles. The summed E-state index contributed by atoms with van der Waals surface area (Å²) < 4.78 is 5.26. The Labute approximate surface area is 134 Å². The van der Waals surface area contributed by atoms with Gasteiger partial charge in [-0.05, 0) is 25.5 Å². The van der Waals surface area contributed by atoms with Crippen LogP contribution in [0.15, 0.2) is 22.7 Å². The molecule has 0 bridgehead atoms. The minimum absolute atomic E-state index is 0.167. The molecule has 1 aliphatic heterocycles. The zero-order valence-corrected chi connectivity index (χ0v) is 13.9. The van der Waals surface area contributed by atoms with E-state index >= 15 is 0 Å². The summed E-state index contributed by atoms with van der Waals surface area (Å²) in [5, 5.41) is 3.91. The highest BCUT2D eigenvalue weighted by Gasteiger charge is 2.23. The third kappa shape index (κ3) is 3.39. The summed E-state index contributed by atoms with van der Waals surface area (Å²) in [6.07, 6.45) is 0.988. The number of carbonyl (C=O) groups excluding carboxylic acids is 1. The Bertz CT molecular complexity index is 641. The van der Waals surface area contributed by atoms with Gasteiger partial charge >= 0.3 is 0 Å². The van der Waals surface area contributed by atoms with Crippen LogP contribution in [0.4, 0.5) is 0 Å². The molecule has 1 saturated heterocycles. The molecule has 0 radical (unpaired) electrons. The maximum absolute atomic E-state index is 12.5. The van der Waals surface area contributed by atoms with Crippen molar-refractivity contribution < 1.29 is 9.32 Å². The van der Waals surface area contributed by atoms with E-state index in [1.807, 2.05) is 24.0 Å². The van der Waals surface area contributed by atoms with Crippen molar-refractivity contribution >= 4 is 17.2 Å². The maximum Gasteiger partial charge on any atom is 0.264 e. The number of piperazine rings is 1. The van der Waals surface area contributed by atoms with Crippen LogP contribution in [0.1, 0.15) is 32.9 Å². The molecule has 5 nitrogen and oxygen atoms in total. The molecule has 0 N–H and O–H groups in total. The predicted octanol–water partition coefficient (Wildman–Crippen LogP) is 2.56. The first-order valence-electron chi connectivity index (χ1n) is 7.68. The van der Waals surface area contributed by atoms with E-state index in [4.69, 9.17) is 4.52 Å². The summed E-state index contributed by atoms with van der Waals surface area (Å²) in [4.78, 5) is 18.9. The van der Waals surface area contributed by atoms with Crippen molar-refractivity contribution in [1.82, 2.24) is 15.0 Å². The van der Waals surface area contributed by atoms with Crippen molar-refractivity contribution in [2.24, 2.45) is 0 Å². The lowest BCUT2D eigenvalue weighted by Crippen LogP contribution is -2.48. The van der Waals surface area contributed by atoms with E-state index in [9.17, 15) is 4.79 Å². The Morgan fingerprint density at radius 1 is 1.32 bits per heavy atom. The summed E-state index contributed by atoms with van der Waals surface area (Å²) >= 11 is 1.61. The zero-order chi connectivity index (χ0) is 15.5. The van der Waals surface area contributed by atoms with E-state index < -0.39 is 0 Å². The Kier molecular flexibility index (Phi) is 4.59. The van der Waals surface area contributed by atoms with Crippen LogP contribution in [0, 0.1) is 6.92 Å². The monoisotopic (exact) mass is 319 g/mol. The Balaban J connectivity index is 1.53. The maximum atomic E-state index is 12.5. The Morgan fingerprint density at radius 3 is 2.68 bits per heavy atom. The van der Waals surface area contributed by atoms with Crippen molar-refractivity contribution in [3.05, 3.63) is 39.4 Å². The minimum Gasteiger partial charge on any atom is -0.360 e. The van der Waals surface area contributed by atoms with Crippen molar-refractivity contribution in [3.8, 4) is 0 Å². The van der Waals surface area contributed by atoms with Crippen LogP contribution in [0.25, 0.3) is 0 Å². The number of thiophene rings is 1. The molecule has 118 valence electrons. The van der Waals surface area contributed by atoms with Gasteiger partial charge in [0.1, 0.15) is 0 Å². The fourth-order valence-electron chi connectivity index (χ4n) is 2.66. The van der Waals surface area contributed by atoms with Gasteiger partial charge < -0.3 is 9.42 Å². The Morgan fingerprint density at radius 2 is 2.09 bits per heavy atom. The van der Waals surface area contributed by atoms with E-state index in [1.165, 1.54) is 4.88 Å². The van der Waals surface area contributed by atoms with Gasteiger partial charge in [0.05, 0.1) is 17.1 Å².